The molecule has 0 radical (unpaired) electrons. The van der Waals surface area contributed by atoms with Crippen LogP contribution < -0.4 is 0 Å². The summed E-state index contributed by atoms with van der Waals surface area (Å²) in [5.74, 6) is 0.687. The van der Waals surface area contributed by atoms with Crippen molar-refractivity contribution in [2.45, 2.75) is 20.8 Å². The third-order valence-corrected chi connectivity index (χ3v) is 1.61. The van der Waals surface area contributed by atoms with E-state index in [9.17, 15) is 0 Å². The Bertz CT molecular complexity index is 112. The summed E-state index contributed by atoms with van der Waals surface area (Å²) in [6, 6.07) is 0. The highest BCUT2D eigenvalue weighted by atomic mass is 15.0. The van der Waals surface area contributed by atoms with E-state index in [1.165, 1.54) is 5.57 Å². The second kappa shape index (κ2) is 4.51. The molecule has 0 saturated heterocycles. The number of allylic oxidation sites excluding steroid dienone is 1. The number of likely N-dealkylation sites (N-methyl/N-ethyl adjacent to an activating group) is 1. The average Bonchev–Trinajstić information content (AvgIpc) is 1.81. The van der Waals surface area contributed by atoms with Crippen molar-refractivity contribution in [2.75, 3.05) is 20.6 Å². The molecule has 0 atom stereocenters. The maximum absolute atomic E-state index is 2.23. The van der Waals surface area contributed by atoms with Gasteiger partial charge in [-0.3, -0.25) is 0 Å². The Morgan fingerprint density at radius 3 is 2.00 bits per heavy atom. The van der Waals surface area contributed by atoms with Gasteiger partial charge in [0.15, 0.2) is 0 Å². The maximum Gasteiger partial charge on any atom is 0.0189 e. The van der Waals surface area contributed by atoms with Crippen molar-refractivity contribution in [3.63, 3.8) is 0 Å². The first-order valence-corrected chi connectivity index (χ1v) is 3.87. The molecule has 0 aromatic heterocycles. The van der Waals surface area contributed by atoms with Gasteiger partial charge in [-0.25, -0.2) is 0 Å². The third kappa shape index (κ3) is 3.67. The van der Waals surface area contributed by atoms with Crippen molar-refractivity contribution in [1.29, 1.82) is 0 Å². The summed E-state index contributed by atoms with van der Waals surface area (Å²) < 4.78 is 0. The van der Waals surface area contributed by atoms with E-state index in [4.69, 9.17) is 0 Å². The van der Waals surface area contributed by atoms with E-state index in [0.29, 0.717) is 5.92 Å². The number of hydrogen-bond acceptors (Lipinski definition) is 1. The monoisotopic (exact) mass is 141 g/mol. The summed E-state index contributed by atoms with van der Waals surface area (Å²) in [6.07, 6.45) is 2.21. The van der Waals surface area contributed by atoms with Gasteiger partial charge in [0.25, 0.3) is 0 Å². The van der Waals surface area contributed by atoms with Gasteiger partial charge in [0, 0.05) is 6.54 Å². The molecule has 0 amide bonds. The molecule has 0 unspecified atom stereocenters. The summed E-state index contributed by atoms with van der Waals surface area (Å²) in [5, 5.41) is 0. The van der Waals surface area contributed by atoms with Crippen molar-refractivity contribution >= 4 is 0 Å². The van der Waals surface area contributed by atoms with Gasteiger partial charge < -0.3 is 4.90 Å². The van der Waals surface area contributed by atoms with Gasteiger partial charge in [0.2, 0.25) is 0 Å². The fraction of sp³-hybridized carbons (Fsp3) is 0.778. The minimum atomic E-state index is 0.687. The van der Waals surface area contributed by atoms with E-state index in [2.05, 4.69) is 45.8 Å². The largest absolute Gasteiger partial charge is 0.305 e. The fourth-order valence-corrected chi connectivity index (χ4v) is 0.972. The van der Waals surface area contributed by atoms with E-state index in [1.54, 1.807) is 0 Å². The summed E-state index contributed by atoms with van der Waals surface area (Å²) in [7, 11) is 4.21. The highest BCUT2D eigenvalue weighted by Gasteiger charge is 2.01. The normalized spacial score (nSPS) is 13.3. The highest BCUT2D eigenvalue weighted by Crippen LogP contribution is 2.08. The molecule has 1 nitrogen and oxygen atoms in total. The van der Waals surface area contributed by atoms with Crippen molar-refractivity contribution in [3.8, 4) is 0 Å². The Morgan fingerprint density at radius 1 is 1.40 bits per heavy atom. The first kappa shape index (κ1) is 9.70. The molecule has 0 rings (SSSR count). The predicted octanol–water partition coefficient (Wildman–Crippen LogP) is 2.15. The van der Waals surface area contributed by atoms with Crippen LogP contribution in [0.3, 0.4) is 0 Å². The predicted molar refractivity (Wildman–Crippen MR) is 47.1 cm³/mol. The third-order valence-electron chi connectivity index (χ3n) is 1.61. The SMILES string of the molecule is C/C=C(\CN(C)C)C(C)C. The van der Waals surface area contributed by atoms with Crippen LogP contribution in [0.2, 0.25) is 0 Å². The lowest BCUT2D eigenvalue weighted by atomic mass is 10.0. The Hall–Kier alpha value is -0.300. The smallest absolute Gasteiger partial charge is 0.0189 e. The van der Waals surface area contributed by atoms with Gasteiger partial charge >= 0.3 is 0 Å². The molecule has 0 fully saturated rings. The van der Waals surface area contributed by atoms with Crippen LogP contribution in [0.15, 0.2) is 11.6 Å². The highest BCUT2D eigenvalue weighted by molar-refractivity contribution is 5.04. The van der Waals surface area contributed by atoms with E-state index in [-0.39, 0.29) is 0 Å². The van der Waals surface area contributed by atoms with Gasteiger partial charge in [-0.05, 0) is 26.9 Å². The molecule has 0 heterocycles. The molecule has 0 aliphatic carbocycles. The van der Waals surface area contributed by atoms with Crippen molar-refractivity contribution < 1.29 is 0 Å². The molecule has 0 aromatic rings. The Kier molecular flexibility index (Phi) is 4.37. The number of nitrogens with zero attached hydrogens (tertiary/aromatic N) is 1. The molecule has 1 heteroatoms. The molecule has 0 aliphatic rings. The van der Waals surface area contributed by atoms with Gasteiger partial charge in [-0.1, -0.05) is 25.5 Å². The van der Waals surface area contributed by atoms with Crippen LogP contribution in [-0.2, 0) is 0 Å². The van der Waals surface area contributed by atoms with Crippen LogP contribution in [0.25, 0.3) is 0 Å². The van der Waals surface area contributed by atoms with E-state index >= 15 is 0 Å². The number of hydrogen-bond donors (Lipinski definition) is 0. The lowest BCUT2D eigenvalue weighted by Crippen LogP contribution is -2.17. The minimum absolute atomic E-state index is 0.687. The van der Waals surface area contributed by atoms with Crippen LogP contribution in [0.4, 0.5) is 0 Å². The van der Waals surface area contributed by atoms with E-state index in [1.807, 2.05) is 0 Å². The molecule has 60 valence electrons. The van der Waals surface area contributed by atoms with Crippen LogP contribution in [0, 0.1) is 5.92 Å². The topological polar surface area (TPSA) is 3.24 Å². The molecule has 0 spiro atoms. The Labute approximate surface area is 64.7 Å². The summed E-state index contributed by atoms with van der Waals surface area (Å²) in [4.78, 5) is 2.20. The lowest BCUT2D eigenvalue weighted by Gasteiger charge is -2.15. The van der Waals surface area contributed by atoms with Crippen molar-refractivity contribution in [2.24, 2.45) is 5.92 Å². The molecular weight excluding hydrogens is 122 g/mol. The quantitative estimate of drug-likeness (QED) is 0.544. The molecular formula is C9H19N. The lowest BCUT2D eigenvalue weighted by molar-refractivity contribution is 0.428. The zero-order valence-electron chi connectivity index (χ0n) is 7.81. The molecule has 0 N–H and O–H groups in total. The Balaban J connectivity index is 3.86. The first-order chi connectivity index (χ1) is 4.57. The zero-order valence-corrected chi connectivity index (χ0v) is 7.81. The van der Waals surface area contributed by atoms with E-state index in [0.717, 1.165) is 6.54 Å². The summed E-state index contributed by atoms with van der Waals surface area (Å²) in [5.41, 5.74) is 1.52. The molecule has 0 bridgehead atoms. The van der Waals surface area contributed by atoms with Gasteiger partial charge in [0.1, 0.15) is 0 Å². The van der Waals surface area contributed by atoms with Crippen LogP contribution in [-0.4, -0.2) is 25.5 Å². The molecule has 0 saturated carbocycles. The first-order valence-electron chi connectivity index (χ1n) is 3.87. The summed E-state index contributed by atoms with van der Waals surface area (Å²) in [6.45, 7) is 7.67. The second-order valence-electron chi connectivity index (χ2n) is 3.26. The molecule has 0 aromatic carbocycles. The fourth-order valence-electron chi connectivity index (χ4n) is 0.972. The summed E-state index contributed by atoms with van der Waals surface area (Å²) >= 11 is 0. The van der Waals surface area contributed by atoms with Crippen molar-refractivity contribution in [1.82, 2.24) is 4.90 Å². The average molecular weight is 141 g/mol. The zero-order chi connectivity index (χ0) is 8.15. The molecule has 10 heavy (non-hydrogen) atoms. The standard InChI is InChI=1S/C9H19N/c1-6-9(8(2)3)7-10(4)5/h6,8H,7H2,1-5H3/b9-6+. The maximum atomic E-state index is 2.23. The van der Waals surface area contributed by atoms with Crippen molar-refractivity contribution in [3.05, 3.63) is 11.6 Å². The van der Waals surface area contributed by atoms with E-state index < -0.39 is 0 Å². The van der Waals surface area contributed by atoms with Crippen LogP contribution in [0.1, 0.15) is 20.8 Å². The minimum Gasteiger partial charge on any atom is -0.305 e. The Morgan fingerprint density at radius 2 is 1.90 bits per heavy atom. The van der Waals surface area contributed by atoms with Gasteiger partial charge in [-0.15, -0.1) is 0 Å². The van der Waals surface area contributed by atoms with Crippen LogP contribution >= 0.6 is 0 Å². The molecule has 0 aliphatic heterocycles. The van der Waals surface area contributed by atoms with Gasteiger partial charge in [-0.2, -0.15) is 0 Å². The van der Waals surface area contributed by atoms with Gasteiger partial charge in [0.05, 0.1) is 0 Å². The second-order valence-corrected chi connectivity index (χ2v) is 3.26. The number of rotatable bonds is 3. The van der Waals surface area contributed by atoms with Crippen LogP contribution in [0.5, 0.6) is 0 Å².